The zero-order valence-corrected chi connectivity index (χ0v) is 35.0. The summed E-state index contributed by atoms with van der Waals surface area (Å²) in [6, 6.07) is 7.04. The van der Waals surface area contributed by atoms with E-state index in [0.717, 1.165) is 29.2 Å². The smallest absolute Gasteiger partial charge is 0.407 e. The van der Waals surface area contributed by atoms with Gasteiger partial charge in [0.1, 0.15) is 29.5 Å². The molecule has 0 unspecified atom stereocenters. The lowest BCUT2D eigenvalue weighted by Gasteiger charge is -2.32. The Labute approximate surface area is 348 Å². The Morgan fingerprint density at radius 3 is 2.54 bits per heavy atom. The van der Waals surface area contributed by atoms with Crippen LogP contribution in [0.25, 0.3) is 27.8 Å². The number of nitrogens with one attached hydrogen (secondary N) is 3. The molecule has 4 fully saturated rings. The average Bonchev–Trinajstić information content (AvgIpc) is 4.07. The number of aromatic nitrogens is 1. The number of hydrogen-bond acceptors (Lipinski definition) is 10. The first-order valence-corrected chi connectivity index (χ1v) is 22.2. The molecule has 59 heavy (non-hydrogen) atoms. The Morgan fingerprint density at radius 1 is 1.08 bits per heavy atom. The molecule has 3 aliphatic carbocycles. The van der Waals surface area contributed by atoms with Crippen molar-refractivity contribution in [3.05, 3.63) is 59.6 Å². The number of fused-ring (bicyclic) bond motifs is 5. The van der Waals surface area contributed by atoms with Crippen LogP contribution in [0.3, 0.4) is 0 Å². The Morgan fingerprint density at radius 2 is 1.85 bits per heavy atom. The van der Waals surface area contributed by atoms with Crippen molar-refractivity contribution in [3.8, 4) is 11.6 Å². The van der Waals surface area contributed by atoms with Gasteiger partial charge in [-0.25, -0.2) is 18.2 Å². The van der Waals surface area contributed by atoms with Crippen molar-refractivity contribution in [1.29, 1.82) is 0 Å². The first-order valence-electron chi connectivity index (χ1n) is 20.3. The summed E-state index contributed by atoms with van der Waals surface area (Å²) in [5.41, 5.74) is -0.692. The highest BCUT2D eigenvalue weighted by Gasteiger charge is 2.62. The lowest BCUT2D eigenvalue weighted by Crippen LogP contribution is -2.59. The minimum Gasteiger partial charge on any atom is -0.496 e. The number of benzene rings is 2. The maximum absolute atomic E-state index is 14.9. The molecule has 2 aliphatic heterocycles. The predicted molar refractivity (Wildman–Crippen MR) is 222 cm³/mol. The fourth-order valence-electron chi connectivity index (χ4n) is 8.78. The van der Waals surface area contributed by atoms with Crippen LogP contribution in [0.2, 0.25) is 5.02 Å². The monoisotopic (exact) mass is 847 g/mol. The molecule has 4 amide bonds. The molecule has 16 heteroatoms. The summed E-state index contributed by atoms with van der Waals surface area (Å²) in [5.74, 6) is -1.84. The second-order valence-corrected chi connectivity index (χ2v) is 19.8. The summed E-state index contributed by atoms with van der Waals surface area (Å²) in [6.45, 7) is 7.79. The van der Waals surface area contributed by atoms with E-state index < -0.39 is 74.1 Å². The van der Waals surface area contributed by atoms with Crippen LogP contribution in [0.1, 0.15) is 77.2 Å². The second-order valence-electron chi connectivity index (χ2n) is 17.4. The van der Waals surface area contributed by atoms with Crippen LogP contribution in [0.4, 0.5) is 4.79 Å². The Balaban J connectivity index is 1.20. The number of rotatable bonds is 8. The second kappa shape index (κ2) is 15.6. The third-order valence-corrected chi connectivity index (χ3v) is 14.5. The number of nitrogens with zero attached hydrogens (tertiary/aromatic N) is 2. The number of sulfonamides is 1. The van der Waals surface area contributed by atoms with E-state index in [-0.39, 0.29) is 37.8 Å². The summed E-state index contributed by atoms with van der Waals surface area (Å²) >= 11 is 6.48. The molecular weight excluding hydrogens is 798 g/mol. The molecule has 4 bridgehead atoms. The Hall–Kier alpha value is -4.89. The van der Waals surface area contributed by atoms with Gasteiger partial charge >= 0.3 is 6.09 Å². The van der Waals surface area contributed by atoms with E-state index >= 15 is 0 Å². The normalized spacial score (nSPS) is 27.9. The zero-order chi connectivity index (χ0) is 41.9. The molecule has 3 aromatic rings. The number of ether oxygens (including phenoxy) is 3. The predicted octanol–water partition coefficient (Wildman–Crippen LogP) is 5.80. The standard InChI is InChI=1S/C43H50ClN5O9S/c1-5-26-21-43(26,40(52)48-59(54,55)29-13-14-29)47-37(50)34-19-28-22-49(34)39(51)36(24-9-6-7-10-24)46-41(53)57-23-42(2,3)16-8-11-25-17-32-30(20-35(25)56-4)31-18-27(44)12-15-33(31)45-38(32)58-28/h5,8,11-12,15,17-18,20,24,26,28-29,34,36H,1,6-7,9-10,13-14,16,19,21-23H2,2-4H3,(H,46,53)(H,47,50)(H,48,52)/b11-8-/t26-,28-,34+,36+,43-/m1/s1. The van der Waals surface area contributed by atoms with Gasteiger partial charge in [0, 0.05) is 44.5 Å². The molecule has 1 aromatic heterocycles. The average molecular weight is 848 g/mol. The van der Waals surface area contributed by atoms with Gasteiger partial charge in [-0.3, -0.25) is 19.1 Å². The third-order valence-electron chi connectivity index (χ3n) is 12.4. The minimum absolute atomic E-state index is 0.00909. The summed E-state index contributed by atoms with van der Waals surface area (Å²) < 4.78 is 46.2. The molecule has 8 rings (SSSR count). The summed E-state index contributed by atoms with van der Waals surface area (Å²) in [6.07, 6.45) is 8.70. The van der Waals surface area contributed by atoms with Gasteiger partial charge in [0.15, 0.2) is 0 Å². The summed E-state index contributed by atoms with van der Waals surface area (Å²) in [4.78, 5) is 62.9. The molecule has 0 spiro atoms. The third kappa shape index (κ3) is 8.20. The van der Waals surface area contributed by atoms with E-state index in [1.54, 1.807) is 19.2 Å². The topological polar surface area (TPSA) is 182 Å². The molecular formula is C43H50ClN5O9S. The number of amides is 4. The van der Waals surface area contributed by atoms with Crippen molar-refractivity contribution in [2.24, 2.45) is 17.3 Å². The van der Waals surface area contributed by atoms with Crippen LogP contribution in [0.15, 0.2) is 49.1 Å². The number of hydrogen-bond donors (Lipinski definition) is 3. The fraction of sp³-hybridized carbons (Fsp3) is 0.512. The number of pyridine rings is 1. The van der Waals surface area contributed by atoms with E-state index in [4.69, 9.17) is 30.8 Å². The van der Waals surface area contributed by atoms with Gasteiger partial charge in [0.05, 0.1) is 31.0 Å². The molecule has 2 aromatic carbocycles. The molecule has 3 saturated carbocycles. The molecule has 3 heterocycles. The van der Waals surface area contributed by atoms with E-state index in [2.05, 4.69) is 21.9 Å². The molecule has 0 radical (unpaired) electrons. The molecule has 5 atom stereocenters. The first-order chi connectivity index (χ1) is 28.1. The van der Waals surface area contributed by atoms with E-state index in [1.165, 1.54) is 11.0 Å². The SMILES string of the molecule is C=C[C@@H]1C[C@]1(NC(=O)[C@@H]1C[C@@H]2CN1C(=O)[C@H](C1CCCC1)NC(=O)OCC(C)(C)C/C=C\c1cc3c(nc4ccc(Cl)cc4c3cc1OC)O2)C(=O)NS(=O)(=O)C1CC1. The van der Waals surface area contributed by atoms with E-state index in [9.17, 15) is 27.6 Å². The first kappa shape index (κ1) is 40.9. The van der Waals surface area contributed by atoms with Crippen molar-refractivity contribution in [3.63, 3.8) is 0 Å². The number of methoxy groups -OCH3 is 1. The number of allylic oxidation sites excluding steroid dienone is 1. The van der Waals surface area contributed by atoms with Gasteiger partial charge < -0.3 is 29.7 Å². The summed E-state index contributed by atoms with van der Waals surface area (Å²) in [5, 5.41) is 7.79. The number of halogens is 1. The van der Waals surface area contributed by atoms with Crippen molar-refractivity contribution in [2.45, 2.75) is 101 Å². The maximum Gasteiger partial charge on any atom is 0.407 e. The molecule has 5 aliphatic rings. The fourth-order valence-corrected chi connectivity index (χ4v) is 10.3. The van der Waals surface area contributed by atoms with Gasteiger partial charge in [-0.1, -0.05) is 56.5 Å². The van der Waals surface area contributed by atoms with Crippen molar-refractivity contribution in [1.82, 2.24) is 25.2 Å². The van der Waals surface area contributed by atoms with Crippen LogP contribution in [-0.4, -0.2) is 91.4 Å². The van der Waals surface area contributed by atoms with E-state index in [1.807, 2.05) is 44.2 Å². The molecule has 1 saturated heterocycles. The minimum atomic E-state index is -3.92. The maximum atomic E-state index is 14.9. The lowest BCUT2D eigenvalue weighted by atomic mass is 9.90. The van der Waals surface area contributed by atoms with Gasteiger partial charge in [0.2, 0.25) is 27.7 Å². The Bertz CT molecular complexity index is 2380. The number of alkyl carbamates (subject to hydrolysis) is 1. The highest BCUT2D eigenvalue weighted by atomic mass is 35.5. The highest BCUT2D eigenvalue weighted by molar-refractivity contribution is 7.91. The van der Waals surface area contributed by atoms with Crippen LogP contribution in [0, 0.1) is 17.3 Å². The molecule has 314 valence electrons. The quantitative estimate of drug-likeness (QED) is 0.185. The summed E-state index contributed by atoms with van der Waals surface area (Å²) in [7, 11) is -2.33. The zero-order valence-electron chi connectivity index (χ0n) is 33.4. The van der Waals surface area contributed by atoms with E-state index in [0.29, 0.717) is 53.8 Å². The number of cyclic esters (lactones) is 1. The van der Waals surface area contributed by atoms with Gasteiger partial charge in [-0.15, -0.1) is 6.58 Å². The molecule has 14 nitrogen and oxygen atoms in total. The van der Waals surface area contributed by atoms with Crippen molar-refractivity contribution >= 4 is 73.2 Å². The van der Waals surface area contributed by atoms with Crippen LogP contribution in [0.5, 0.6) is 11.6 Å². The largest absolute Gasteiger partial charge is 0.496 e. The van der Waals surface area contributed by atoms with Crippen LogP contribution in [-0.2, 0) is 29.1 Å². The number of carbonyl (C=O) groups is 4. The van der Waals surface area contributed by atoms with Crippen molar-refractivity contribution in [2.75, 3.05) is 20.3 Å². The van der Waals surface area contributed by atoms with Crippen LogP contribution < -0.4 is 24.8 Å². The van der Waals surface area contributed by atoms with Gasteiger partial charge in [-0.05, 0) is 74.8 Å². The van der Waals surface area contributed by atoms with Gasteiger partial charge in [-0.2, -0.15) is 0 Å². The van der Waals surface area contributed by atoms with Crippen molar-refractivity contribution < 1.29 is 41.8 Å². The van der Waals surface area contributed by atoms with Gasteiger partial charge in [0.25, 0.3) is 5.91 Å². The van der Waals surface area contributed by atoms with Crippen LogP contribution >= 0.6 is 11.6 Å². The molecule has 3 N–H and O–H groups in total. The number of carbonyl (C=O) groups excluding carboxylic acids is 4. The lowest BCUT2D eigenvalue weighted by molar-refractivity contribution is -0.142. The Kier molecular flexibility index (Phi) is 10.8. The highest BCUT2D eigenvalue weighted by Crippen LogP contribution is 2.46.